The summed E-state index contributed by atoms with van der Waals surface area (Å²) in [5.41, 5.74) is 7.14. The minimum atomic E-state index is 0.555. The number of nitrogens with two attached hydrogens (primary N) is 1. The number of nitrogens with zero attached hydrogens (tertiary/aromatic N) is 3. The van der Waals surface area contributed by atoms with Gasteiger partial charge in [0.05, 0.1) is 18.2 Å². The number of aromatic nitrogens is 2. The van der Waals surface area contributed by atoms with Crippen LogP contribution in [0.5, 0.6) is 0 Å². The molecule has 2 N–H and O–H groups in total. The van der Waals surface area contributed by atoms with Crippen molar-refractivity contribution in [2.45, 2.75) is 20.0 Å². The smallest absolute Gasteiger partial charge is 0.146 e. The van der Waals surface area contributed by atoms with Crippen LogP contribution in [0.4, 0.5) is 5.82 Å². The third-order valence-corrected chi connectivity index (χ3v) is 4.03. The van der Waals surface area contributed by atoms with Crippen molar-refractivity contribution >= 4 is 27.4 Å². The zero-order chi connectivity index (χ0) is 14.1. The maximum absolute atomic E-state index is 5.96. The molecule has 20 heavy (non-hydrogen) atoms. The molecule has 0 bridgehead atoms. The maximum Gasteiger partial charge on any atom is 0.146 e. The van der Waals surface area contributed by atoms with Crippen molar-refractivity contribution in [1.82, 2.24) is 14.9 Å². The second-order valence-corrected chi connectivity index (χ2v) is 5.73. The lowest BCUT2D eigenvalue weighted by atomic mass is 10.2. The first-order valence-corrected chi connectivity index (χ1v) is 7.22. The summed E-state index contributed by atoms with van der Waals surface area (Å²) in [5, 5.41) is 2.92. The predicted molar refractivity (Wildman–Crippen MR) is 80.4 cm³/mol. The minimum Gasteiger partial charge on any atom is -0.469 e. The van der Waals surface area contributed by atoms with E-state index in [0.29, 0.717) is 12.4 Å². The van der Waals surface area contributed by atoms with Gasteiger partial charge >= 0.3 is 0 Å². The van der Waals surface area contributed by atoms with Crippen molar-refractivity contribution in [3.8, 4) is 0 Å². The Morgan fingerprint density at radius 3 is 2.90 bits per heavy atom. The average Bonchev–Trinajstić information content (AvgIpc) is 2.99. The molecule has 0 aliphatic heterocycles. The van der Waals surface area contributed by atoms with E-state index in [9.17, 15) is 0 Å². The van der Waals surface area contributed by atoms with Gasteiger partial charge in [-0.3, -0.25) is 4.90 Å². The average molecular weight is 288 g/mol. The van der Waals surface area contributed by atoms with Crippen LogP contribution < -0.4 is 5.73 Å². The molecule has 0 saturated heterocycles. The fourth-order valence-electron chi connectivity index (χ4n) is 2.16. The van der Waals surface area contributed by atoms with Crippen molar-refractivity contribution in [3.05, 3.63) is 40.9 Å². The Kier molecular flexibility index (Phi) is 3.42. The molecule has 0 aliphatic rings. The largest absolute Gasteiger partial charge is 0.469 e. The molecule has 0 atom stereocenters. The molecule has 0 aliphatic carbocycles. The molecule has 0 unspecified atom stereocenters. The third kappa shape index (κ3) is 2.52. The summed E-state index contributed by atoms with van der Waals surface area (Å²) in [5.74, 6) is 2.26. The second-order valence-electron chi connectivity index (χ2n) is 4.84. The highest BCUT2D eigenvalue weighted by Crippen LogP contribution is 2.23. The molecule has 3 heterocycles. The number of hydrogen-bond acceptors (Lipinski definition) is 6. The van der Waals surface area contributed by atoms with Crippen LogP contribution in [0.1, 0.15) is 17.1 Å². The van der Waals surface area contributed by atoms with E-state index in [1.165, 1.54) is 5.56 Å². The van der Waals surface area contributed by atoms with Crippen LogP contribution in [0, 0.1) is 6.92 Å². The minimum absolute atomic E-state index is 0.555. The number of nitrogen functional groups attached to an aromatic ring is 1. The molecule has 3 aromatic rings. The number of furan rings is 1. The van der Waals surface area contributed by atoms with Gasteiger partial charge in [-0.25, -0.2) is 9.97 Å². The number of rotatable bonds is 4. The number of anilines is 1. The van der Waals surface area contributed by atoms with Gasteiger partial charge in [0.25, 0.3) is 0 Å². The molecule has 3 rings (SSSR count). The zero-order valence-electron chi connectivity index (χ0n) is 11.5. The predicted octanol–water partition coefficient (Wildman–Crippen LogP) is 2.81. The van der Waals surface area contributed by atoms with E-state index in [1.54, 1.807) is 17.6 Å². The summed E-state index contributed by atoms with van der Waals surface area (Å²) in [6, 6.07) is 3.95. The number of thiophene rings is 1. The number of aryl methyl sites for hydroxylation is 1. The van der Waals surface area contributed by atoms with Crippen molar-refractivity contribution in [2.24, 2.45) is 0 Å². The van der Waals surface area contributed by atoms with Crippen LogP contribution in [-0.2, 0) is 13.1 Å². The topological polar surface area (TPSA) is 68.2 Å². The van der Waals surface area contributed by atoms with Gasteiger partial charge in [0.1, 0.15) is 22.2 Å². The Morgan fingerprint density at radius 1 is 1.30 bits per heavy atom. The van der Waals surface area contributed by atoms with E-state index in [1.807, 2.05) is 31.5 Å². The van der Waals surface area contributed by atoms with Crippen LogP contribution >= 0.6 is 11.3 Å². The van der Waals surface area contributed by atoms with Crippen LogP contribution in [0.15, 0.2) is 28.2 Å². The van der Waals surface area contributed by atoms with E-state index in [0.717, 1.165) is 28.3 Å². The molecule has 104 valence electrons. The monoisotopic (exact) mass is 288 g/mol. The highest BCUT2D eigenvalue weighted by atomic mass is 32.1. The Balaban J connectivity index is 1.77. The first-order valence-electron chi connectivity index (χ1n) is 6.34. The Morgan fingerprint density at radius 2 is 2.15 bits per heavy atom. The van der Waals surface area contributed by atoms with Gasteiger partial charge in [-0.2, -0.15) is 0 Å². The molecule has 0 fully saturated rings. The van der Waals surface area contributed by atoms with E-state index < -0.39 is 0 Å². The van der Waals surface area contributed by atoms with Crippen molar-refractivity contribution in [2.75, 3.05) is 12.8 Å². The van der Waals surface area contributed by atoms with Crippen LogP contribution in [-0.4, -0.2) is 21.9 Å². The molecule has 0 spiro atoms. The second kappa shape index (κ2) is 5.22. The normalized spacial score (nSPS) is 11.6. The molecular formula is C14H16N4OS. The first-order chi connectivity index (χ1) is 9.63. The van der Waals surface area contributed by atoms with Crippen molar-refractivity contribution < 1.29 is 4.42 Å². The van der Waals surface area contributed by atoms with Crippen LogP contribution in [0.25, 0.3) is 10.2 Å². The number of fused-ring (bicyclic) bond motifs is 1. The van der Waals surface area contributed by atoms with Gasteiger partial charge in [-0.15, -0.1) is 11.3 Å². The SMILES string of the molecule is Cc1occc1CN(C)Cc1nc(N)c2ccsc2n1. The van der Waals surface area contributed by atoms with Gasteiger partial charge in [0.2, 0.25) is 0 Å². The molecule has 0 aromatic carbocycles. The summed E-state index contributed by atoms with van der Waals surface area (Å²) in [6.07, 6.45) is 1.71. The summed E-state index contributed by atoms with van der Waals surface area (Å²) < 4.78 is 5.31. The molecule has 0 amide bonds. The molecule has 6 heteroatoms. The summed E-state index contributed by atoms with van der Waals surface area (Å²) in [4.78, 5) is 12.0. The molecule has 0 saturated carbocycles. The molecular weight excluding hydrogens is 272 g/mol. The zero-order valence-corrected chi connectivity index (χ0v) is 12.3. The van der Waals surface area contributed by atoms with Gasteiger partial charge in [-0.1, -0.05) is 0 Å². The Bertz CT molecular complexity index is 734. The van der Waals surface area contributed by atoms with E-state index in [-0.39, 0.29) is 0 Å². The van der Waals surface area contributed by atoms with Gasteiger partial charge < -0.3 is 10.2 Å². The van der Waals surface area contributed by atoms with Gasteiger partial charge in [0, 0.05) is 12.1 Å². The standard InChI is InChI=1S/C14H16N4OS/c1-9-10(3-5-19-9)7-18(2)8-12-16-13(15)11-4-6-20-14(11)17-12/h3-6H,7-8H2,1-2H3,(H2,15,16,17). The highest BCUT2D eigenvalue weighted by molar-refractivity contribution is 7.16. The summed E-state index contributed by atoms with van der Waals surface area (Å²) in [7, 11) is 2.03. The van der Waals surface area contributed by atoms with Crippen molar-refractivity contribution in [1.29, 1.82) is 0 Å². The van der Waals surface area contributed by atoms with E-state index in [2.05, 4.69) is 14.9 Å². The quantitative estimate of drug-likeness (QED) is 0.799. The third-order valence-electron chi connectivity index (χ3n) is 3.22. The molecule has 3 aromatic heterocycles. The lowest BCUT2D eigenvalue weighted by Crippen LogP contribution is -2.19. The van der Waals surface area contributed by atoms with Crippen molar-refractivity contribution in [3.63, 3.8) is 0 Å². The lowest BCUT2D eigenvalue weighted by molar-refractivity contribution is 0.308. The summed E-state index contributed by atoms with van der Waals surface area (Å²) in [6.45, 7) is 3.42. The van der Waals surface area contributed by atoms with Gasteiger partial charge in [-0.05, 0) is 31.5 Å². The Hall–Kier alpha value is -1.92. The fraction of sp³-hybridized carbons (Fsp3) is 0.286. The van der Waals surface area contributed by atoms with E-state index >= 15 is 0 Å². The van der Waals surface area contributed by atoms with Crippen LogP contribution in [0.3, 0.4) is 0 Å². The number of hydrogen-bond donors (Lipinski definition) is 1. The maximum atomic E-state index is 5.96. The van der Waals surface area contributed by atoms with Gasteiger partial charge in [0.15, 0.2) is 0 Å². The lowest BCUT2D eigenvalue weighted by Gasteiger charge is -2.15. The highest BCUT2D eigenvalue weighted by Gasteiger charge is 2.10. The Labute approximate surface area is 121 Å². The summed E-state index contributed by atoms with van der Waals surface area (Å²) >= 11 is 1.59. The van der Waals surface area contributed by atoms with E-state index in [4.69, 9.17) is 10.2 Å². The molecule has 5 nitrogen and oxygen atoms in total. The molecule has 0 radical (unpaired) electrons. The fourth-order valence-corrected chi connectivity index (χ4v) is 2.95. The van der Waals surface area contributed by atoms with Crippen LogP contribution in [0.2, 0.25) is 0 Å². The first kappa shape index (κ1) is 13.1.